The molecule has 5 rings (SSSR count). The minimum atomic E-state index is -0.141. The summed E-state index contributed by atoms with van der Waals surface area (Å²) in [6, 6.07) is 12.6. The molecule has 2 N–H and O–H groups in total. The molecule has 2 aromatic rings. The number of hydrogen-bond donors (Lipinski definition) is 2. The maximum atomic E-state index is 12.8. The van der Waals surface area contributed by atoms with Crippen LogP contribution in [0.15, 0.2) is 36.4 Å². The van der Waals surface area contributed by atoms with Crippen molar-refractivity contribution in [3.63, 3.8) is 0 Å². The molecule has 33 heavy (non-hydrogen) atoms. The summed E-state index contributed by atoms with van der Waals surface area (Å²) < 4.78 is 16.6. The standard InChI is InChI=1S/C26H33N3O4/c1-29-12-11-26(18-4-6-22(31-2)23(15-18)32-3)10-8-20(16-24(26)29)28-25(30)27-19-5-7-21-17(14-19)9-13-33-21/h4-7,14-15,20,24H,8-13,16H2,1-3H3,(H2,27,28,30)/t20-,24+,26+/m1/s1. The van der Waals surface area contributed by atoms with Gasteiger partial charge >= 0.3 is 6.03 Å². The third-order valence-electron chi connectivity index (χ3n) is 7.77. The molecule has 2 heterocycles. The molecule has 0 unspecified atom stereocenters. The number of rotatable bonds is 5. The second-order valence-electron chi connectivity index (χ2n) is 9.46. The van der Waals surface area contributed by atoms with Gasteiger partial charge in [-0.15, -0.1) is 0 Å². The fourth-order valence-electron chi connectivity index (χ4n) is 6.01. The van der Waals surface area contributed by atoms with Crippen LogP contribution in [0.4, 0.5) is 10.5 Å². The number of amides is 2. The number of nitrogens with one attached hydrogen (secondary N) is 2. The second-order valence-corrected chi connectivity index (χ2v) is 9.46. The topological polar surface area (TPSA) is 72.1 Å². The Hall–Kier alpha value is -2.93. The van der Waals surface area contributed by atoms with E-state index in [1.165, 1.54) is 5.56 Å². The lowest BCUT2D eigenvalue weighted by Crippen LogP contribution is -2.52. The summed E-state index contributed by atoms with van der Waals surface area (Å²) in [5.74, 6) is 2.45. The third-order valence-corrected chi connectivity index (χ3v) is 7.77. The minimum Gasteiger partial charge on any atom is -0.493 e. The Morgan fingerprint density at radius 3 is 2.79 bits per heavy atom. The molecule has 3 atom stereocenters. The van der Waals surface area contributed by atoms with E-state index in [1.54, 1.807) is 14.2 Å². The zero-order valence-corrected chi connectivity index (χ0v) is 19.6. The van der Waals surface area contributed by atoms with Crippen LogP contribution in [0.5, 0.6) is 17.2 Å². The summed E-state index contributed by atoms with van der Waals surface area (Å²) in [6.07, 6.45) is 4.90. The summed E-state index contributed by atoms with van der Waals surface area (Å²) in [4.78, 5) is 15.2. The third kappa shape index (κ3) is 3.99. The van der Waals surface area contributed by atoms with E-state index in [1.807, 2.05) is 24.3 Å². The maximum Gasteiger partial charge on any atom is 0.319 e. The van der Waals surface area contributed by atoms with E-state index >= 15 is 0 Å². The first-order valence-electron chi connectivity index (χ1n) is 11.8. The van der Waals surface area contributed by atoms with Crippen LogP contribution in [-0.4, -0.2) is 57.4 Å². The molecular weight excluding hydrogens is 418 g/mol. The Bertz CT molecular complexity index is 1040. The molecule has 3 aliphatic rings. The van der Waals surface area contributed by atoms with E-state index in [0.29, 0.717) is 12.6 Å². The van der Waals surface area contributed by atoms with Gasteiger partial charge in [0.25, 0.3) is 0 Å². The number of methoxy groups -OCH3 is 2. The molecule has 2 amide bonds. The van der Waals surface area contributed by atoms with Crippen LogP contribution >= 0.6 is 0 Å². The van der Waals surface area contributed by atoms with Gasteiger partial charge in [-0.25, -0.2) is 4.79 Å². The Balaban J connectivity index is 1.28. The zero-order chi connectivity index (χ0) is 23.0. The molecule has 0 spiro atoms. The van der Waals surface area contributed by atoms with Crippen molar-refractivity contribution in [3.05, 3.63) is 47.5 Å². The predicted octanol–water partition coefficient (Wildman–Crippen LogP) is 3.95. The van der Waals surface area contributed by atoms with E-state index in [-0.39, 0.29) is 17.5 Å². The number of hydrogen-bond acceptors (Lipinski definition) is 5. The number of urea groups is 1. The molecule has 0 aromatic heterocycles. The van der Waals surface area contributed by atoms with Crippen LogP contribution in [0.1, 0.15) is 36.8 Å². The van der Waals surface area contributed by atoms with E-state index in [4.69, 9.17) is 14.2 Å². The van der Waals surface area contributed by atoms with Crippen LogP contribution in [0.3, 0.4) is 0 Å². The van der Waals surface area contributed by atoms with E-state index < -0.39 is 0 Å². The Morgan fingerprint density at radius 2 is 1.97 bits per heavy atom. The Morgan fingerprint density at radius 1 is 1.12 bits per heavy atom. The fraction of sp³-hybridized carbons (Fsp3) is 0.500. The Kier molecular flexibility index (Phi) is 5.83. The SMILES string of the molecule is COc1ccc([C@@]23CC[C@@H](NC(=O)Nc4ccc5c(c4)CCO5)C[C@@H]2N(C)CC3)cc1OC. The molecule has 1 saturated carbocycles. The van der Waals surface area contributed by atoms with Gasteiger partial charge in [0.2, 0.25) is 0 Å². The molecule has 176 valence electrons. The van der Waals surface area contributed by atoms with Gasteiger partial charge < -0.3 is 29.7 Å². The lowest BCUT2D eigenvalue weighted by molar-refractivity contribution is 0.156. The average Bonchev–Trinajstić information content (AvgIpc) is 3.43. The van der Waals surface area contributed by atoms with Gasteiger partial charge in [0.05, 0.1) is 20.8 Å². The van der Waals surface area contributed by atoms with Crippen LogP contribution in [0.25, 0.3) is 0 Å². The molecule has 2 aromatic carbocycles. The highest BCUT2D eigenvalue weighted by Crippen LogP contribution is 2.49. The van der Waals surface area contributed by atoms with E-state index in [9.17, 15) is 4.79 Å². The van der Waals surface area contributed by atoms with Crippen molar-refractivity contribution in [2.45, 2.75) is 49.6 Å². The van der Waals surface area contributed by atoms with Crippen molar-refractivity contribution in [3.8, 4) is 17.2 Å². The molecular formula is C26H33N3O4. The summed E-state index contributed by atoms with van der Waals surface area (Å²) >= 11 is 0. The molecule has 7 heteroatoms. The van der Waals surface area contributed by atoms with Crippen molar-refractivity contribution in [2.24, 2.45) is 0 Å². The summed E-state index contributed by atoms with van der Waals surface area (Å²) in [7, 11) is 5.55. The zero-order valence-electron chi connectivity index (χ0n) is 19.6. The van der Waals surface area contributed by atoms with Gasteiger partial charge in [0.15, 0.2) is 11.5 Å². The van der Waals surface area contributed by atoms with Gasteiger partial charge in [-0.2, -0.15) is 0 Å². The molecule has 0 radical (unpaired) electrons. The lowest BCUT2D eigenvalue weighted by atomic mass is 9.65. The number of ether oxygens (including phenoxy) is 3. The van der Waals surface area contributed by atoms with E-state index in [0.717, 1.165) is 67.1 Å². The van der Waals surface area contributed by atoms with E-state index in [2.05, 4.69) is 34.7 Å². The number of carbonyl (C=O) groups excluding carboxylic acids is 1. The molecule has 7 nitrogen and oxygen atoms in total. The first-order valence-corrected chi connectivity index (χ1v) is 11.8. The highest BCUT2D eigenvalue weighted by Gasteiger charge is 2.50. The molecule has 2 aliphatic heterocycles. The Labute approximate surface area is 195 Å². The highest BCUT2D eigenvalue weighted by atomic mass is 16.5. The monoisotopic (exact) mass is 451 g/mol. The number of likely N-dealkylation sites (tertiary alicyclic amines) is 1. The van der Waals surface area contributed by atoms with Crippen LogP contribution in [-0.2, 0) is 11.8 Å². The molecule has 2 fully saturated rings. The molecule has 1 saturated heterocycles. The minimum absolute atomic E-state index is 0.0724. The normalized spacial score (nSPS) is 26.2. The highest BCUT2D eigenvalue weighted by molar-refractivity contribution is 5.89. The van der Waals surface area contributed by atoms with Crippen LogP contribution < -0.4 is 24.8 Å². The van der Waals surface area contributed by atoms with Gasteiger partial charge in [-0.1, -0.05) is 6.07 Å². The van der Waals surface area contributed by atoms with Crippen LogP contribution in [0, 0.1) is 0 Å². The van der Waals surface area contributed by atoms with Gasteiger partial charge in [0.1, 0.15) is 5.75 Å². The van der Waals surface area contributed by atoms with Gasteiger partial charge in [-0.3, -0.25) is 0 Å². The van der Waals surface area contributed by atoms with Gasteiger partial charge in [-0.05, 0) is 80.7 Å². The van der Waals surface area contributed by atoms with Gasteiger partial charge in [0, 0.05) is 29.6 Å². The van der Waals surface area contributed by atoms with Crippen molar-refractivity contribution in [1.82, 2.24) is 10.2 Å². The van der Waals surface area contributed by atoms with Crippen molar-refractivity contribution >= 4 is 11.7 Å². The van der Waals surface area contributed by atoms with Crippen molar-refractivity contribution in [2.75, 3.05) is 39.7 Å². The number of benzene rings is 2. The first kappa shape index (κ1) is 21.9. The van der Waals surface area contributed by atoms with Crippen molar-refractivity contribution in [1.29, 1.82) is 0 Å². The lowest BCUT2D eigenvalue weighted by Gasteiger charge is -2.45. The number of nitrogens with zero attached hydrogens (tertiary/aromatic N) is 1. The number of anilines is 1. The first-order chi connectivity index (χ1) is 16.0. The molecule has 1 aliphatic carbocycles. The molecule has 0 bridgehead atoms. The largest absolute Gasteiger partial charge is 0.493 e. The summed E-state index contributed by atoms with van der Waals surface area (Å²) in [5.41, 5.74) is 3.34. The number of likely N-dealkylation sites (N-methyl/N-ethyl adjacent to an activating group) is 1. The second kappa shape index (κ2) is 8.78. The summed E-state index contributed by atoms with van der Waals surface area (Å²) in [6.45, 7) is 1.76. The quantitative estimate of drug-likeness (QED) is 0.720. The summed E-state index contributed by atoms with van der Waals surface area (Å²) in [5, 5.41) is 6.23. The number of fused-ring (bicyclic) bond motifs is 2. The fourth-order valence-corrected chi connectivity index (χ4v) is 6.01. The smallest absolute Gasteiger partial charge is 0.319 e. The number of carbonyl (C=O) groups is 1. The van der Waals surface area contributed by atoms with Crippen LogP contribution in [0.2, 0.25) is 0 Å². The average molecular weight is 452 g/mol. The predicted molar refractivity (Wildman–Crippen MR) is 128 cm³/mol. The van der Waals surface area contributed by atoms with Crippen molar-refractivity contribution < 1.29 is 19.0 Å². The maximum absolute atomic E-state index is 12.8.